The minimum absolute atomic E-state index is 0.0801. The van der Waals surface area contributed by atoms with Gasteiger partial charge in [0, 0.05) is 63.2 Å². The molecule has 5 rings (SSSR count). The highest BCUT2D eigenvalue weighted by Crippen LogP contribution is 2.18. The van der Waals surface area contributed by atoms with Crippen LogP contribution in [-0.2, 0) is 11.3 Å². The molecule has 3 aromatic heterocycles. The second-order valence-electron chi connectivity index (χ2n) is 8.45. The number of nitrogens with zero attached hydrogens (tertiary/aromatic N) is 6. The molecule has 9 nitrogen and oxygen atoms in total. The largest absolute Gasteiger partial charge is 0.466 e. The number of carbonyl (C=O) groups is 1. The summed E-state index contributed by atoms with van der Waals surface area (Å²) in [5.41, 5.74) is 1.21. The third-order valence-corrected chi connectivity index (χ3v) is 6.13. The van der Waals surface area contributed by atoms with Crippen molar-refractivity contribution >= 4 is 28.4 Å². The second-order valence-corrected chi connectivity index (χ2v) is 8.45. The van der Waals surface area contributed by atoms with Crippen molar-refractivity contribution in [3.05, 3.63) is 73.1 Å². The van der Waals surface area contributed by atoms with E-state index in [2.05, 4.69) is 59.3 Å². The van der Waals surface area contributed by atoms with Crippen molar-refractivity contribution in [2.24, 2.45) is 0 Å². The number of piperazine rings is 1. The number of aryl methyl sites for hydroxylation is 1. The molecule has 180 valence electrons. The van der Waals surface area contributed by atoms with Crippen LogP contribution in [0.2, 0.25) is 0 Å². The van der Waals surface area contributed by atoms with Gasteiger partial charge in [-0.15, -0.1) is 10.2 Å². The summed E-state index contributed by atoms with van der Waals surface area (Å²) in [6, 6.07) is 20.0. The highest BCUT2D eigenvalue weighted by Gasteiger charge is 2.19. The van der Waals surface area contributed by atoms with Crippen LogP contribution in [0.5, 0.6) is 5.88 Å². The topological polar surface area (TPSA) is 88.4 Å². The summed E-state index contributed by atoms with van der Waals surface area (Å²) < 4.78 is 7.72. The fraction of sp³-hybridized carbons (Fsp3) is 0.308. The summed E-state index contributed by atoms with van der Waals surface area (Å²) in [5.74, 6) is 1.98. The molecule has 1 aliphatic heterocycles. The normalized spacial score (nSPS) is 13.7. The van der Waals surface area contributed by atoms with Crippen molar-refractivity contribution < 1.29 is 9.53 Å². The summed E-state index contributed by atoms with van der Waals surface area (Å²) in [4.78, 5) is 21.0. The monoisotopic (exact) mass is 471 g/mol. The average molecular weight is 472 g/mol. The Morgan fingerprint density at radius 2 is 1.69 bits per heavy atom. The molecule has 1 N–H and O–H groups in total. The molecule has 1 aromatic carbocycles. The quantitative estimate of drug-likeness (QED) is 0.376. The maximum absolute atomic E-state index is 12.1. The van der Waals surface area contributed by atoms with E-state index in [1.54, 1.807) is 6.07 Å². The number of carbonyl (C=O) groups excluding carboxylic acids is 1. The fourth-order valence-electron chi connectivity index (χ4n) is 4.27. The van der Waals surface area contributed by atoms with E-state index >= 15 is 0 Å². The Morgan fingerprint density at radius 3 is 2.46 bits per heavy atom. The summed E-state index contributed by atoms with van der Waals surface area (Å²) in [5, 5.41) is 12.6. The Morgan fingerprint density at radius 1 is 0.886 bits per heavy atom. The lowest BCUT2D eigenvalue weighted by atomic mass is 10.2. The fourth-order valence-corrected chi connectivity index (χ4v) is 4.27. The van der Waals surface area contributed by atoms with Gasteiger partial charge < -0.3 is 24.4 Å². The number of nitrogens with one attached hydrogen (secondary N) is 1. The molecule has 35 heavy (non-hydrogen) atoms. The first-order valence-corrected chi connectivity index (χ1v) is 11.9. The van der Waals surface area contributed by atoms with Crippen LogP contribution in [0.4, 0.5) is 11.6 Å². The van der Waals surface area contributed by atoms with E-state index in [0.29, 0.717) is 12.4 Å². The molecule has 0 spiro atoms. The first kappa shape index (κ1) is 22.6. The molecule has 4 aromatic rings. The van der Waals surface area contributed by atoms with Crippen LogP contribution in [0.15, 0.2) is 73.1 Å². The van der Waals surface area contributed by atoms with Gasteiger partial charge in [-0.1, -0.05) is 24.3 Å². The summed E-state index contributed by atoms with van der Waals surface area (Å²) in [6.07, 6.45) is 4.74. The number of pyridine rings is 1. The number of ether oxygens (including phenoxy) is 1. The number of anilines is 2. The number of rotatable bonds is 9. The Labute approximate surface area is 204 Å². The lowest BCUT2D eigenvalue weighted by Crippen LogP contribution is -2.47. The molecule has 1 saturated heterocycles. The van der Waals surface area contributed by atoms with E-state index in [-0.39, 0.29) is 12.5 Å². The molecular weight excluding hydrogens is 442 g/mol. The maximum atomic E-state index is 12.1. The number of benzene rings is 1. The van der Waals surface area contributed by atoms with Gasteiger partial charge in [0.1, 0.15) is 5.82 Å². The third kappa shape index (κ3) is 5.68. The van der Waals surface area contributed by atoms with Crippen molar-refractivity contribution in [2.45, 2.75) is 13.0 Å². The van der Waals surface area contributed by atoms with Gasteiger partial charge in [-0.3, -0.25) is 4.79 Å². The van der Waals surface area contributed by atoms with Gasteiger partial charge in [0.25, 0.3) is 5.91 Å². The zero-order chi connectivity index (χ0) is 23.9. The van der Waals surface area contributed by atoms with E-state index in [9.17, 15) is 4.79 Å². The average Bonchev–Trinajstić information content (AvgIpc) is 3.34. The first-order valence-electron chi connectivity index (χ1n) is 11.9. The Balaban J connectivity index is 1.01. The van der Waals surface area contributed by atoms with E-state index in [1.165, 1.54) is 10.9 Å². The van der Waals surface area contributed by atoms with Gasteiger partial charge in [0.05, 0.1) is 0 Å². The molecular formula is C26H29N7O2. The van der Waals surface area contributed by atoms with E-state index in [0.717, 1.165) is 50.8 Å². The standard InChI is InChI=1S/C26H29N7O2/c34-25(28-13-5-14-31-15-11-21-6-1-2-7-22(21)31)20-35-26-10-9-24(29-30-26)33-18-16-32(17-19-33)23-8-3-4-12-27-23/h1-4,6-12,15H,5,13-14,16-20H2,(H,28,34). The molecule has 1 fully saturated rings. The molecule has 0 atom stereocenters. The van der Waals surface area contributed by atoms with Crippen LogP contribution in [0.25, 0.3) is 10.9 Å². The van der Waals surface area contributed by atoms with E-state index in [1.807, 2.05) is 42.6 Å². The second kappa shape index (κ2) is 10.9. The molecule has 1 aliphatic rings. The smallest absolute Gasteiger partial charge is 0.258 e. The van der Waals surface area contributed by atoms with Crippen molar-refractivity contribution in [1.29, 1.82) is 0 Å². The van der Waals surface area contributed by atoms with Crippen molar-refractivity contribution in [3.8, 4) is 5.88 Å². The van der Waals surface area contributed by atoms with Crippen LogP contribution in [-0.4, -0.2) is 65.0 Å². The number of fused-ring (bicyclic) bond motifs is 1. The molecule has 0 bridgehead atoms. The number of para-hydroxylation sites is 1. The predicted octanol–water partition coefficient (Wildman–Crippen LogP) is 2.74. The van der Waals surface area contributed by atoms with Crippen LogP contribution in [0.1, 0.15) is 6.42 Å². The Kier molecular flexibility index (Phi) is 7.02. The lowest BCUT2D eigenvalue weighted by Gasteiger charge is -2.35. The van der Waals surface area contributed by atoms with E-state index in [4.69, 9.17) is 4.74 Å². The van der Waals surface area contributed by atoms with Crippen molar-refractivity contribution in [1.82, 2.24) is 25.1 Å². The Hall–Kier alpha value is -4.14. The Bertz CT molecular complexity index is 1240. The predicted molar refractivity (Wildman–Crippen MR) is 136 cm³/mol. The summed E-state index contributed by atoms with van der Waals surface area (Å²) in [7, 11) is 0. The SMILES string of the molecule is O=C(COc1ccc(N2CCN(c3ccccn3)CC2)nn1)NCCCn1ccc2ccccc21. The lowest BCUT2D eigenvalue weighted by molar-refractivity contribution is -0.123. The summed E-state index contributed by atoms with van der Waals surface area (Å²) >= 11 is 0. The molecule has 0 radical (unpaired) electrons. The van der Waals surface area contributed by atoms with Crippen LogP contribution < -0.4 is 19.9 Å². The zero-order valence-corrected chi connectivity index (χ0v) is 19.6. The van der Waals surface area contributed by atoms with Gasteiger partial charge in [-0.05, 0) is 42.1 Å². The maximum Gasteiger partial charge on any atom is 0.258 e. The van der Waals surface area contributed by atoms with Gasteiger partial charge in [-0.25, -0.2) is 4.98 Å². The van der Waals surface area contributed by atoms with Crippen molar-refractivity contribution in [3.63, 3.8) is 0 Å². The molecule has 1 amide bonds. The summed E-state index contributed by atoms with van der Waals surface area (Å²) in [6.45, 7) is 4.78. The van der Waals surface area contributed by atoms with Gasteiger partial charge in [0.15, 0.2) is 12.4 Å². The van der Waals surface area contributed by atoms with Crippen LogP contribution in [0.3, 0.4) is 0 Å². The van der Waals surface area contributed by atoms with Gasteiger partial charge >= 0.3 is 0 Å². The first-order chi connectivity index (χ1) is 17.3. The molecule has 0 aliphatic carbocycles. The number of hydrogen-bond acceptors (Lipinski definition) is 7. The number of amides is 1. The zero-order valence-electron chi connectivity index (χ0n) is 19.6. The molecule has 0 unspecified atom stereocenters. The molecule has 9 heteroatoms. The highest BCUT2D eigenvalue weighted by atomic mass is 16.5. The van der Waals surface area contributed by atoms with Crippen molar-refractivity contribution in [2.75, 3.05) is 49.1 Å². The number of aromatic nitrogens is 4. The van der Waals surface area contributed by atoms with E-state index < -0.39 is 0 Å². The van der Waals surface area contributed by atoms with Crippen LogP contribution in [0, 0.1) is 0 Å². The number of hydrogen-bond donors (Lipinski definition) is 1. The molecule has 0 saturated carbocycles. The highest BCUT2D eigenvalue weighted by molar-refractivity contribution is 5.80. The minimum Gasteiger partial charge on any atom is -0.466 e. The third-order valence-electron chi connectivity index (χ3n) is 6.13. The van der Waals surface area contributed by atoms with Gasteiger partial charge in [-0.2, -0.15) is 0 Å². The molecule has 4 heterocycles. The van der Waals surface area contributed by atoms with Crippen LogP contribution >= 0.6 is 0 Å². The van der Waals surface area contributed by atoms with Gasteiger partial charge in [0.2, 0.25) is 5.88 Å². The minimum atomic E-state index is -0.168.